The first-order valence-corrected chi connectivity index (χ1v) is 9.78. The third-order valence-electron chi connectivity index (χ3n) is 3.31. The fraction of sp³-hybridized carbons (Fsp3) is 0.375. The molecule has 26 heavy (non-hydrogen) atoms. The van der Waals surface area contributed by atoms with Crippen molar-refractivity contribution in [3.8, 4) is 11.5 Å². The summed E-state index contributed by atoms with van der Waals surface area (Å²) in [5.41, 5.74) is 0.641. The lowest BCUT2D eigenvalue weighted by Crippen LogP contribution is -2.17. The molecule has 0 fully saturated rings. The Labute approximate surface area is 158 Å². The van der Waals surface area contributed by atoms with Gasteiger partial charge in [-0.3, -0.25) is 9.59 Å². The van der Waals surface area contributed by atoms with E-state index in [0.717, 1.165) is 0 Å². The van der Waals surface area contributed by atoms with Crippen molar-refractivity contribution < 1.29 is 19.1 Å². The van der Waals surface area contributed by atoms with Crippen LogP contribution in [0.15, 0.2) is 22.5 Å². The van der Waals surface area contributed by atoms with Gasteiger partial charge in [0.2, 0.25) is 16.9 Å². The first-order valence-electron chi connectivity index (χ1n) is 7.98. The minimum atomic E-state index is -0.172. The van der Waals surface area contributed by atoms with Gasteiger partial charge in [-0.1, -0.05) is 36.9 Å². The van der Waals surface area contributed by atoms with E-state index in [1.54, 1.807) is 32.0 Å². The van der Waals surface area contributed by atoms with Crippen molar-refractivity contribution in [2.75, 3.05) is 29.6 Å². The van der Waals surface area contributed by atoms with Crippen LogP contribution in [0.25, 0.3) is 0 Å². The van der Waals surface area contributed by atoms with Gasteiger partial charge in [0.1, 0.15) is 13.2 Å². The van der Waals surface area contributed by atoms with E-state index >= 15 is 0 Å². The number of hydrogen-bond donors (Lipinski definition) is 2. The standard InChI is InChI=1S/C16H18N4O4S2/c1-9(2)14(22)18-15-19-20-16(26-15)25-8-13(21)17-10-3-4-11-12(7-10)24-6-5-23-11/h3-4,7,9H,5-6,8H2,1-2H3,(H,17,21)(H,18,19,22). The second-order valence-corrected chi connectivity index (χ2v) is 7.91. The predicted octanol–water partition coefficient (Wildman–Crippen LogP) is 2.63. The highest BCUT2D eigenvalue weighted by molar-refractivity contribution is 8.01. The summed E-state index contributed by atoms with van der Waals surface area (Å²) in [5.74, 6) is 1.06. The minimum absolute atomic E-state index is 0.117. The van der Waals surface area contributed by atoms with Crippen LogP contribution >= 0.6 is 23.1 Å². The van der Waals surface area contributed by atoms with Crippen molar-refractivity contribution in [1.82, 2.24) is 10.2 Å². The predicted molar refractivity (Wildman–Crippen MR) is 100 cm³/mol. The Morgan fingerprint density at radius 1 is 1.19 bits per heavy atom. The van der Waals surface area contributed by atoms with Gasteiger partial charge in [0.25, 0.3) is 0 Å². The lowest BCUT2D eigenvalue weighted by Gasteiger charge is -2.18. The molecule has 3 rings (SSSR count). The molecule has 8 nitrogen and oxygen atoms in total. The maximum atomic E-state index is 12.1. The number of amides is 2. The number of hydrogen-bond acceptors (Lipinski definition) is 8. The van der Waals surface area contributed by atoms with Gasteiger partial charge in [0.05, 0.1) is 5.75 Å². The van der Waals surface area contributed by atoms with E-state index in [1.165, 1.54) is 23.1 Å². The van der Waals surface area contributed by atoms with E-state index in [-0.39, 0.29) is 23.5 Å². The van der Waals surface area contributed by atoms with E-state index in [2.05, 4.69) is 20.8 Å². The highest BCUT2D eigenvalue weighted by atomic mass is 32.2. The van der Waals surface area contributed by atoms with E-state index < -0.39 is 0 Å². The number of fused-ring (bicyclic) bond motifs is 1. The van der Waals surface area contributed by atoms with Gasteiger partial charge < -0.3 is 20.1 Å². The van der Waals surface area contributed by atoms with Crippen LogP contribution in [0.5, 0.6) is 11.5 Å². The molecule has 1 aliphatic heterocycles. The van der Waals surface area contributed by atoms with E-state index in [1.807, 2.05) is 0 Å². The van der Waals surface area contributed by atoms with Crippen molar-refractivity contribution in [3.05, 3.63) is 18.2 Å². The number of ether oxygens (including phenoxy) is 2. The van der Waals surface area contributed by atoms with E-state index in [9.17, 15) is 9.59 Å². The van der Waals surface area contributed by atoms with Gasteiger partial charge >= 0.3 is 0 Å². The molecule has 2 amide bonds. The molecular formula is C16H18N4O4S2. The van der Waals surface area contributed by atoms with Crippen molar-refractivity contribution in [2.45, 2.75) is 18.2 Å². The van der Waals surface area contributed by atoms with Gasteiger partial charge in [-0.25, -0.2) is 0 Å². The molecule has 1 aromatic heterocycles. The molecule has 0 bridgehead atoms. The molecule has 0 unspecified atom stereocenters. The molecule has 0 atom stereocenters. The summed E-state index contributed by atoms with van der Waals surface area (Å²) in [6.07, 6.45) is 0. The molecule has 10 heteroatoms. The maximum Gasteiger partial charge on any atom is 0.234 e. The molecular weight excluding hydrogens is 376 g/mol. The molecule has 138 valence electrons. The topological polar surface area (TPSA) is 102 Å². The average Bonchev–Trinajstić information content (AvgIpc) is 3.07. The highest BCUT2D eigenvalue weighted by Crippen LogP contribution is 2.32. The van der Waals surface area contributed by atoms with Crippen LogP contribution in [-0.4, -0.2) is 41.0 Å². The fourth-order valence-electron chi connectivity index (χ4n) is 2.01. The number of rotatable bonds is 6. The van der Waals surface area contributed by atoms with Crippen LogP contribution in [0, 0.1) is 5.92 Å². The summed E-state index contributed by atoms with van der Waals surface area (Å²) in [6.45, 7) is 4.62. The Kier molecular flexibility index (Phi) is 5.94. The van der Waals surface area contributed by atoms with Gasteiger partial charge in [-0.2, -0.15) is 0 Å². The number of nitrogens with one attached hydrogen (secondary N) is 2. The first-order chi connectivity index (χ1) is 12.5. The normalized spacial score (nSPS) is 12.7. The Morgan fingerprint density at radius 2 is 1.96 bits per heavy atom. The van der Waals surface area contributed by atoms with Gasteiger partial charge in [0, 0.05) is 17.7 Å². The van der Waals surface area contributed by atoms with Gasteiger partial charge in [-0.15, -0.1) is 10.2 Å². The molecule has 0 spiro atoms. The van der Waals surface area contributed by atoms with Crippen molar-refractivity contribution in [2.24, 2.45) is 5.92 Å². The van der Waals surface area contributed by atoms with Crippen molar-refractivity contribution in [1.29, 1.82) is 0 Å². The zero-order chi connectivity index (χ0) is 18.5. The van der Waals surface area contributed by atoms with Gasteiger partial charge in [-0.05, 0) is 12.1 Å². The van der Waals surface area contributed by atoms with Crippen molar-refractivity contribution >= 4 is 45.7 Å². The number of aromatic nitrogens is 2. The number of carbonyl (C=O) groups excluding carboxylic acids is 2. The smallest absolute Gasteiger partial charge is 0.234 e. The summed E-state index contributed by atoms with van der Waals surface area (Å²) in [5, 5.41) is 13.8. The minimum Gasteiger partial charge on any atom is -0.486 e. The molecule has 1 aromatic carbocycles. The van der Waals surface area contributed by atoms with Crippen LogP contribution in [-0.2, 0) is 9.59 Å². The fourth-order valence-corrected chi connectivity index (χ4v) is 3.57. The Morgan fingerprint density at radius 3 is 2.73 bits per heavy atom. The zero-order valence-corrected chi connectivity index (χ0v) is 15.9. The van der Waals surface area contributed by atoms with Crippen LogP contribution in [0.2, 0.25) is 0 Å². The number of benzene rings is 1. The lowest BCUT2D eigenvalue weighted by molar-refractivity contribution is -0.119. The molecule has 2 N–H and O–H groups in total. The third kappa shape index (κ3) is 4.85. The summed E-state index contributed by atoms with van der Waals surface area (Å²) in [6, 6.07) is 5.27. The van der Waals surface area contributed by atoms with Gasteiger partial charge in [0.15, 0.2) is 15.8 Å². The van der Waals surface area contributed by atoms with Crippen molar-refractivity contribution in [3.63, 3.8) is 0 Å². The summed E-state index contributed by atoms with van der Waals surface area (Å²) in [4.78, 5) is 23.7. The zero-order valence-electron chi connectivity index (χ0n) is 14.3. The number of thioether (sulfide) groups is 1. The number of nitrogens with zero attached hydrogens (tertiary/aromatic N) is 2. The third-order valence-corrected chi connectivity index (χ3v) is 5.29. The monoisotopic (exact) mass is 394 g/mol. The second-order valence-electron chi connectivity index (χ2n) is 5.71. The van der Waals surface area contributed by atoms with E-state index in [0.29, 0.717) is 39.9 Å². The SMILES string of the molecule is CC(C)C(=O)Nc1nnc(SCC(=O)Nc2ccc3c(c2)OCCO3)s1. The molecule has 0 radical (unpaired) electrons. The maximum absolute atomic E-state index is 12.1. The Bertz CT molecular complexity index is 809. The Hall–Kier alpha value is -2.33. The quantitative estimate of drug-likeness (QED) is 0.573. The second kappa shape index (κ2) is 8.37. The molecule has 0 aliphatic carbocycles. The lowest BCUT2D eigenvalue weighted by atomic mass is 10.2. The van der Waals surface area contributed by atoms with Crippen LogP contribution in [0.4, 0.5) is 10.8 Å². The largest absolute Gasteiger partial charge is 0.486 e. The molecule has 0 saturated heterocycles. The van der Waals surface area contributed by atoms with Crippen LogP contribution in [0.3, 0.4) is 0 Å². The molecule has 0 saturated carbocycles. The molecule has 2 aromatic rings. The average molecular weight is 394 g/mol. The summed E-state index contributed by atoms with van der Waals surface area (Å²) >= 11 is 2.50. The molecule has 2 heterocycles. The first kappa shape index (κ1) is 18.5. The summed E-state index contributed by atoms with van der Waals surface area (Å²) in [7, 11) is 0. The van der Waals surface area contributed by atoms with Crippen LogP contribution in [0.1, 0.15) is 13.8 Å². The van der Waals surface area contributed by atoms with Crippen LogP contribution < -0.4 is 20.1 Å². The highest BCUT2D eigenvalue weighted by Gasteiger charge is 2.14. The summed E-state index contributed by atoms with van der Waals surface area (Å²) < 4.78 is 11.6. The number of anilines is 2. The number of carbonyl (C=O) groups is 2. The Balaban J connectivity index is 1.50. The van der Waals surface area contributed by atoms with E-state index in [4.69, 9.17) is 9.47 Å². The molecule has 1 aliphatic rings.